The molecule has 0 saturated carbocycles. The van der Waals surface area contributed by atoms with Crippen molar-refractivity contribution in [3.05, 3.63) is 47.8 Å². The van der Waals surface area contributed by atoms with Gasteiger partial charge in [0.2, 0.25) is 0 Å². The van der Waals surface area contributed by atoms with Gasteiger partial charge < -0.3 is 19.5 Å². The highest BCUT2D eigenvalue weighted by molar-refractivity contribution is 5.49. The molecule has 0 atom stereocenters. The predicted molar refractivity (Wildman–Crippen MR) is 79.8 cm³/mol. The van der Waals surface area contributed by atoms with Crippen molar-refractivity contribution in [1.29, 1.82) is 0 Å². The van der Waals surface area contributed by atoms with Gasteiger partial charge in [-0.2, -0.15) is 0 Å². The zero-order valence-electron chi connectivity index (χ0n) is 12.3. The van der Waals surface area contributed by atoms with E-state index in [1.807, 2.05) is 18.2 Å². The summed E-state index contributed by atoms with van der Waals surface area (Å²) in [5.41, 5.74) is 1.69. The molecule has 0 aliphatic rings. The van der Waals surface area contributed by atoms with E-state index in [1.165, 1.54) is 13.2 Å². The summed E-state index contributed by atoms with van der Waals surface area (Å²) in [6, 6.07) is 10.4. The van der Waals surface area contributed by atoms with Gasteiger partial charge in [0, 0.05) is 18.3 Å². The van der Waals surface area contributed by atoms with Gasteiger partial charge in [0.05, 0.1) is 21.3 Å². The highest BCUT2D eigenvalue weighted by atomic mass is 19.1. The van der Waals surface area contributed by atoms with Crippen LogP contribution >= 0.6 is 0 Å². The first kappa shape index (κ1) is 15.0. The van der Waals surface area contributed by atoms with Gasteiger partial charge in [0.1, 0.15) is 0 Å². The zero-order valence-corrected chi connectivity index (χ0v) is 12.3. The number of halogens is 1. The third kappa shape index (κ3) is 3.56. The lowest BCUT2D eigenvalue weighted by Crippen LogP contribution is -2.01. The molecule has 112 valence electrons. The largest absolute Gasteiger partial charge is 0.494 e. The quantitative estimate of drug-likeness (QED) is 0.884. The minimum absolute atomic E-state index is 0.228. The molecule has 2 rings (SSSR count). The Morgan fingerprint density at radius 1 is 0.857 bits per heavy atom. The first-order valence-corrected chi connectivity index (χ1v) is 6.46. The second-order valence-electron chi connectivity index (χ2n) is 4.39. The van der Waals surface area contributed by atoms with Gasteiger partial charge in [0.25, 0.3) is 0 Å². The van der Waals surface area contributed by atoms with Crippen molar-refractivity contribution in [2.45, 2.75) is 6.54 Å². The van der Waals surface area contributed by atoms with Crippen LogP contribution in [0.1, 0.15) is 5.56 Å². The lowest BCUT2D eigenvalue weighted by molar-refractivity contribution is 0.354. The standard InChI is InChI=1S/C16H18FNO3/c1-19-14-7-5-12(9-13(14)17)18-10-11-4-6-15(20-2)16(8-11)21-3/h4-9,18H,10H2,1-3H3. The third-order valence-electron chi connectivity index (χ3n) is 3.10. The van der Waals surface area contributed by atoms with Crippen LogP contribution in [0, 0.1) is 5.82 Å². The van der Waals surface area contributed by atoms with Crippen LogP contribution in [0.2, 0.25) is 0 Å². The minimum Gasteiger partial charge on any atom is -0.494 e. The van der Waals surface area contributed by atoms with E-state index in [-0.39, 0.29) is 5.75 Å². The van der Waals surface area contributed by atoms with Crippen molar-refractivity contribution in [2.75, 3.05) is 26.6 Å². The van der Waals surface area contributed by atoms with E-state index >= 15 is 0 Å². The Morgan fingerprint density at radius 2 is 1.52 bits per heavy atom. The van der Waals surface area contributed by atoms with E-state index in [9.17, 15) is 4.39 Å². The molecule has 0 spiro atoms. The average molecular weight is 291 g/mol. The normalized spacial score (nSPS) is 10.1. The van der Waals surface area contributed by atoms with Crippen molar-refractivity contribution in [2.24, 2.45) is 0 Å². The molecule has 0 aromatic heterocycles. The topological polar surface area (TPSA) is 39.7 Å². The maximum atomic E-state index is 13.6. The second kappa shape index (κ2) is 6.83. The van der Waals surface area contributed by atoms with Gasteiger partial charge in [-0.15, -0.1) is 0 Å². The molecule has 21 heavy (non-hydrogen) atoms. The summed E-state index contributed by atoms with van der Waals surface area (Å²) in [5.74, 6) is 1.18. The summed E-state index contributed by atoms with van der Waals surface area (Å²) >= 11 is 0. The molecule has 0 radical (unpaired) electrons. The van der Waals surface area contributed by atoms with Gasteiger partial charge >= 0.3 is 0 Å². The molecule has 0 heterocycles. The number of anilines is 1. The molecule has 0 saturated heterocycles. The molecule has 2 aromatic rings. The maximum absolute atomic E-state index is 13.6. The van der Waals surface area contributed by atoms with Crippen LogP contribution in [-0.2, 0) is 6.54 Å². The van der Waals surface area contributed by atoms with Gasteiger partial charge in [-0.05, 0) is 29.8 Å². The van der Waals surface area contributed by atoms with E-state index in [4.69, 9.17) is 14.2 Å². The minimum atomic E-state index is -0.394. The summed E-state index contributed by atoms with van der Waals surface area (Å²) < 4.78 is 28.9. The summed E-state index contributed by atoms with van der Waals surface area (Å²) in [4.78, 5) is 0. The Balaban J connectivity index is 2.07. The first-order valence-electron chi connectivity index (χ1n) is 6.46. The monoisotopic (exact) mass is 291 g/mol. The van der Waals surface area contributed by atoms with Crippen molar-refractivity contribution in [3.63, 3.8) is 0 Å². The van der Waals surface area contributed by atoms with E-state index in [0.717, 1.165) is 5.56 Å². The second-order valence-corrected chi connectivity index (χ2v) is 4.39. The molecule has 5 heteroatoms. The molecule has 4 nitrogen and oxygen atoms in total. The summed E-state index contributed by atoms with van der Waals surface area (Å²) in [6.07, 6.45) is 0. The molecular formula is C16H18FNO3. The number of benzene rings is 2. The van der Waals surface area contributed by atoms with Crippen LogP contribution in [-0.4, -0.2) is 21.3 Å². The molecule has 0 aliphatic heterocycles. The first-order chi connectivity index (χ1) is 10.2. The number of rotatable bonds is 6. The fraction of sp³-hybridized carbons (Fsp3) is 0.250. The van der Waals surface area contributed by atoms with Crippen LogP contribution < -0.4 is 19.5 Å². The zero-order chi connectivity index (χ0) is 15.2. The maximum Gasteiger partial charge on any atom is 0.167 e. The number of hydrogen-bond acceptors (Lipinski definition) is 4. The fourth-order valence-corrected chi connectivity index (χ4v) is 1.97. The van der Waals surface area contributed by atoms with E-state index in [2.05, 4.69) is 5.32 Å². The van der Waals surface area contributed by atoms with Crippen LogP contribution in [0.4, 0.5) is 10.1 Å². The lowest BCUT2D eigenvalue weighted by atomic mass is 10.2. The average Bonchev–Trinajstić information content (AvgIpc) is 2.52. The third-order valence-corrected chi connectivity index (χ3v) is 3.10. The summed E-state index contributed by atoms with van der Waals surface area (Å²) in [7, 11) is 4.62. The molecule has 0 amide bonds. The Morgan fingerprint density at radius 3 is 2.14 bits per heavy atom. The van der Waals surface area contributed by atoms with Gasteiger partial charge in [0.15, 0.2) is 23.1 Å². The molecule has 1 N–H and O–H groups in total. The molecule has 0 fully saturated rings. The van der Waals surface area contributed by atoms with Crippen molar-refractivity contribution in [3.8, 4) is 17.2 Å². The molecule has 2 aromatic carbocycles. The SMILES string of the molecule is COc1ccc(NCc2ccc(OC)c(OC)c2)cc1F. The number of hydrogen-bond donors (Lipinski definition) is 1. The Hall–Kier alpha value is -2.43. The van der Waals surface area contributed by atoms with Crippen LogP contribution in [0.3, 0.4) is 0 Å². The van der Waals surface area contributed by atoms with Gasteiger partial charge in [-0.1, -0.05) is 6.07 Å². The van der Waals surface area contributed by atoms with Crippen molar-refractivity contribution < 1.29 is 18.6 Å². The lowest BCUT2D eigenvalue weighted by Gasteiger charge is -2.11. The van der Waals surface area contributed by atoms with Gasteiger partial charge in [-0.25, -0.2) is 4.39 Å². The number of methoxy groups -OCH3 is 3. The Labute approximate surface area is 123 Å². The molecule has 0 aliphatic carbocycles. The highest BCUT2D eigenvalue weighted by Gasteiger charge is 2.06. The van der Waals surface area contributed by atoms with Crippen LogP contribution in [0.5, 0.6) is 17.2 Å². The Kier molecular flexibility index (Phi) is 4.87. The predicted octanol–water partition coefficient (Wildman–Crippen LogP) is 3.46. The smallest absolute Gasteiger partial charge is 0.167 e. The Bertz CT molecular complexity index is 616. The van der Waals surface area contributed by atoms with Crippen molar-refractivity contribution >= 4 is 5.69 Å². The van der Waals surface area contributed by atoms with E-state index in [0.29, 0.717) is 23.7 Å². The molecule has 0 bridgehead atoms. The number of nitrogens with one attached hydrogen (secondary N) is 1. The van der Waals surface area contributed by atoms with E-state index < -0.39 is 5.82 Å². The number of ether oxygens (including phenoxy) is 3. The summed E-state index contributed by atoms with van der Waals surface area (Å²) in [5, 5.41) is 3.15. The fourth-order valence-electron chi connectivity index (χ4n) is 1.97. The molecule has 0 unspecified atom stereocenters. The van der Waals surface area contributed by atoms with Gasteiger partial charge in [-0.3, -0.25) is 0 Å². The molecular weight excluding hydrogens is 273 g/mol. The van der Waals surface area contributed by atoms with Crippen LogP contribution in [0.25, 0.3) is 0 Å². The van der Waals surface area contributed by atoms with Crippen LogP contribution in [0.15, 0.2) is 36.4 Å². The highest BCUT2D eigenvalue weighted by Crippen LogP contribution is 2.28. The van der Waals surface area contributed by atoms with E-state index in [1.54, 1.807) is 26.4 Å². The summed E-state index contributed by atoms with van der Waals surface area (Å²) in [6.45, 7) is 0.548. The van der Waals surface area contributed by atoms with Crippen molar-refractivity contribution in [1.82, 2.24) is 0 Å².